The van der Waals surface area contributed by atoms with Crippen molar-refractivity contribution in [2.24, 2.45) is 11.8 Å². The number of halogens is 1. The minimum absolute atomic E-state index is 0.0124. The highest BCUT2D eigenvalue weighted by Crippen LogP contribution is 2.42. The fourth-order valence-corrected chi connectivity index (χ4v) is 8.45. The number of ether oxygens (including phenoxy) is 3. The number of carbonyl (C=O) groups is 2. The molecule has 0 radical (unpaired) electrons. The third-order valence-corrected chi connectivity index (χ3v) is 12.6. The molecule has 3 aliphatic heterocycles. The zero-order valence-electron chi connectivity index (χ0n) is 29.4. The first-order chi connectivity index (χ1) is 23.8. The number of nitrogens with zero attached hydrogens (tertiary/aromatic N) is 3. The van der Waals surface area contributed by atoms with Gasteiger partial charge in [0.05, 0.1) is 28.8 Å². The molecule has 1 N–H and O–H groups in total. The Balaban J connectivity index is 1.37. The number of hydrogen-bond donors (Lipinski definition) is 1. The summed E-state index contributed by atoms with van der Waals surface area (Å²) in [4.78, 5) is 32.6. The van der Waals surface area contributed by atoms with Crippen LogP contribution in [0.25, 0.3) is 0 Å². The van der Waals surface area contributed by atoms with E-state index in [1.165, 1.54) is 6.07 Å². The van der Waals surface area contributed by atoms with Crippen molar-refractivity contribution in [3.63, 3.8) is 0 Å². The van der Waals surface area contributed by atoms with Crippen LogP contribution >= 0.6 is 11.6 Å². The highest BCUT2D eigenvalue weighted by Gasteiger charge is 2.41. The maximum atomic E-state index is 13.7. The first-order valence-electron chi connectivity index (χ1n) is 17.6. The monoisotopic (exact) mass is 728 g/mol. The van der Waals surface area contributed by atoms with Crippen molar-refractivity contribution < 1.29 is 32.2 Å². The van der Waals surface area contributed by atoms with Gasteiger partial charge < -0.3 is 24.0 Å². The lowest BCUT2D eigenvalue weighted by Crippen LogP contribution is -2.54. The normalized spacial score (nSPS) is 27.6. The minimum atomic E-state index is -4.21. The summed E-state index contributed by atoms with van der Waals surface area (Å²) in [5.74, 6) is 0.133. The first-order valence-corrected chi connectivity index (χ1v) is 19.4. The van der Waals surface area contributed by atoms with Crippen LogP contribution in [-0.2, 0) is 37.3 Å². The lowest BCUT2D eigenvalue weighted by molar-refractivity contribution is -0.128. The van der Waals surface area contributed by atoms with E-state index >= 15 is 0 Å². The maximum Gasteiger partial charge on any atom is 0.410 e. The number of amides is 2. The van der Waals surface area contributed by atoms with Gasteiger partial charge in [-0.25, -0.2) is 17.9 Å². The Morgan fingerprint density at radius 3 is 2.66 bits per heavy atom. The van der Waals surface area contributed by atoms with E-state index in [2.05, 4.69) is 9.62 Å². The van der Waals surface area contributed by atoms with E-state index in [4.69, 9.17) is 25.8 Å². The van der Waals surface area contributed by atoms with Gasteiger partial charge in [0.2, 0.25) is 0 Å². The summed E-state index contributed by atoms with van der Waals surface area (Å²) in [5, 5.41) is 0.680. The van der Waals surface area contributed by atoms with Crippen LogP contribution in [0.15, 0.2) is 53.4 Å². The van der Waals surface area contributed by atoms with Crippen LogP contribution in [0.5, 0.6) is 5.75 Å². The van der Waals surface area contributed by atoms with Gasteiger partial charge in [0, 0.05) is 44.2 Å². The molecule has 6 rings (SSSR count). The molecule has 0 spiro atoms. The number of anilines is 1. The molecular weight excluding hydrogens is 680 g/mol. The standard InChI is InChI=1S/C37H49ClN4O7S/c1-37(2)35(43)39-50(45,46)30-13-15-34-32(21-30)42(18-6-5-8-25-20-28(38)12-10-27(25)23-48-34)22-26-11-14-31(26)33(9-7-17-40(37)3)49-36(44)41(4)29-16-19-47-24-29/h7,9-10,12-13,15,20-21,26,29,31,33H,5-6,8,11,14,16-19,22-24H2,1-4H3,(H,39,43)/b9-7+/t26-,29-,31+,33-/m0/s1. The maximum absolute atomic E-state index is 13.7. The zero-order chi connectivity index (χ0) is 35.6. The van der Waals surface area contributed by atoms with Crippen molar-refractivity contribution >= 4 is 39.3 Å². The number of carbonyl (C=O) groups excluding carboxylic acids is 2. The van der Waals surface area contributed by atoms with E-state index in [-0.39, 0.29) is 28.9 Å². The number of fused-ring (bicyclic) bond motifs is 3. The van der Waals surface area contributed by atoms with Crippen LogP contribution in [0.2, 0.25) is 5.02 Å². The molecule has 4 aliphatic rings. The molecule has 2 aromatic rings. The van der Waals surface area contributed by atoms with E-state index in [1.54, 1.807) is 49.9 Å². The molecule has 2 fully saturated rings. The lowest BCUT2D eigenvalue weighted by atomic mass is 9.70. The Bertz CT molecular complexity index is 1710. The van der Waals surface area contributed by atoms with Crippen molar-refractivity contribution in [2.75, 3.05) is 51.8 Å². The Hall–Kier alpha value is -3.32. The van der Waals surface area contributed by atoms with Gasteiger partial charge in [-0.05, 0) is 113 Å². The van der Waals surface area contributed by atoms with E-state index in [9.17, 15) is 18.0 Å². The SMILES string of the molecule is CN(C(=O)O[C@H]1/C=C/CN(C)C(C)(C)C(=O)NS(=O)(=O)c2ccc3c(c2)N(CCCCc2cc(Cl)ccc2CO3)C[C@@H]2CC[C@H]21)[C@H]1CCOC1. The van der Waals surface area contributed by atoms with Crippen molar-refractivity contribution in [2.45, 2.75) is 81.6 Å². The summed E-state index contributed by atoms with van der Waals surface area (Å²) < 4.78 is 48.0. The van der Waals surface area contributed by atoms with Crippen LogP contribution in [0.4, 0.5) is 10.5 Å². The fourth-order valence-electron chi connectivity index (χ4n) is 7.13. The predicted molar refractivity (Wildman–Crippen MR) is 192 cm³/mol. The summed E-state index contributed by atoms with van der Waals surface area (Å²) >= 11 is 6.36. The van der Waals surface area contributed by atoms with E-state index in [0.717, 1.165) is 49.7 Å². The van der Waals surface area contributed by atoms with Gasteiger partial charge in [0.15, 0.2) is 0 Å². The molecule has 13 heteroatoms. The third-order valence-electron chi connectivity index (χ3n) is 11.0. The smallest absolute Gasteiger partial charge is 0.410 e. The lowest BCUT2D eigenvalue weighted by Gasteiger charge is -2.44. The number of nitrogens with one attached hydrogen (secondary N) is 1. The molecule has 0 aromatic heterocycles. The molecule has 1 saturated heterocycles. The van der Waals surface area contributed by atoms with Crippen LogP contribution in [0.1, 0.15) is 57.1 Å². The van der Waals surface area contributed by atoms with Gasteiger partial charge in [-0.3, -0.25) is 9.69 Å². The topological polar surface area (TPSA) is 118 Å². The van der Waals surface area contributed by atoms with E-state index in [1.807, 2.05) is 30.4 Å². The highest BCUT2D eigenvalue weighted by atomic mass is 35.5. The fraction of sp³-hybridized carbons (Fsp3) is 0.568. The second kappa shape index (κ2) is 15.1. The van der Waals surface area contributed by atoms with E-state index < -0.39 is 27.6 Å². The molecule has 0 unspecified atom stereocenters. The molecule has 2 bridgehead atoms. The Labute approximate surface area is 300 Å². The molecule has 3 heterocycles. The summed E-state index contributed by atoms with van der Waals surface area (Å²) in [6, 6.07) is 10.6. The van der Waals surface area contributed by atoms with Crippen molar-refractivity contribution in [1.82, 2.24) is 14.5 Å². The van der Waals surface area contributed by atoms with Gasteiger partial charge in [-0.1, -0.05) is 23.7 Å². The van der Waals surface area contributed by atoms with Crippen LogP contribution < -0.4 is 14.4 Å². The zero-order valence-corrected chi connectivity index (χ0v) is 31.0. The van der Waals surface area contributed by atoms with Crippen molar-refractivity contribution in [3.05, 3.63) is 64.7 Å². The summed E-state index contributed by atoms with van der Waals surface area (Å²) in [6.45, 7) is 6.40. The number of sulfonamides is 1. The third kappa shape index (κ3) is 7.93. The summed E-state index contributed by atoms with van der Waals surface area (Å²) in [6.07, 6.45) is 8.18. The minimum Gasteiger partial charge on any atom is -0.487 e. The molecular formula is C37H49ClN4O7S. The second-order valence-electron chi connectivity index (χ2n) is 14.5. The van der Waals surface area contributed by atoms with Crippen LogP contribution in [0, 0.1) is 11.8 Å². The first kappa shape index (κ1) is 36.5. The molecule has 2 amide bonds. The van der Waals surface area contributed by atoms with Gasteiger partial charge in [0.1, 0.15) is 18.5 Å². The molecule has 1 saturated carbocycles. The second-order valence-corrected chi connectivity index (χ2v) is 16.6. The van der Waals surface area contributed by atoms with Crippen LogP contribution in [0.3, 0.4) is 0 Å². The molecule has 1 aliphatic carbocycles. The van der Waals surface area contributed by atoms with Crippen molar-refractivity contribution in [1.29, 1.82) is 0 Å². The summed E-state index contributed by atoms with van der Waals surface area (Å²) in [5.41, 5.74) is 1.64. The van der Waals surface area contributed by atoms with Gasteiger partial charge >= 0.3 is 6.09 Å². The van der Waals surface area contributed by atoms with Gasteiger partial charge in [0.25, 0.3) is 15.9 Å². The molecule has 2 aromatic carbocycles. The van der Waals surface area contributed by atoms with Crippen LogP contribution in [-0.4, -0.2) is 94.8 Å². The largest absolute Gasteiger partial charge is 0.487 e. The number of hydrogen-bond acceptors (Lipinski definition) is 9. The molecule has 4 atom stereocenters. The quantitative estimate of drug-likeness (QED) is 0.406. The Morgan fingerprint density at radius 2 is 1.92 bits per heavy atom. The van der Waals surface area contributed by atoms with Gasteiger partial charge in [-0.15, -0.1) is 0 Å². The summed E-state index contributed by atoms with van der Waals surface area (Å²) in [7, 11) is -0.686. The van der Waals surface area contributed by atoms with Crippen molar-refractivity contribution in [3.8, 4) is 5.75 Å². The predicted octanol–water partition coefficient (Wildman–Crippen LogP) is 5.40. The number of benzene rings is 2. The molecule has 272 valence electrons. The Morgan fingerprint density at radius 1 is 1.10 bits per heavy atom. The Kier molecular flexibility index (Phi) is 11.0. The average molecular weight is 729 g/mol. The van der Waals surface area contributed by atoms with Gasteiger partial charge in [-0.2, -0.15) is 0 Å². The molecule has 11 nitrogen and oxygen atoms in total. The average Bonchev–Trinajstić information content (AvgIpc) is 3.60. The van der Waals surface area contributed by atoms with E-state index in [0.29, 0.717) is 55.9 Å². The number of aryl methyl sites for hydroxylation is 1. The highest BCUT2D eigenvalue weighted by molar-refractivity contribution is 7.90. The number of rotatable bonds is 2. The number of likely N-dealkylation sites (N-methyl/N-ethyl adjacent to an activating group) is 2. The molecule has 50 heavy (non-hydrogen) atoms.